The van der Waals surface area contributed by atoms with Gasteiger partial charge in [-0.2, -0.15) is 0 Å². The number of methoxy groups -OCH3 is 2. The van der Waals surface area contributed by atoms with Gasteiger partial charge in [-0.1, -0.05) is 5.92 Å². The van der Waals surface area contributed by atoms with E-state index < -0.39 is 75.6 Å². The van der Waals surface area contributed by atoms with Crippen LogP contribution in [0.2, 0.25) is 0 Å². The minimum Gasteiger partial charge on any atom is -0.478 e. The zero-order valence-electron chi connectivity index (χ0n) is 22.1. The van der Waals surface area contributed by atoms with E-state index >= 15 is 0 Å². The molecule has 0 fully saturated rings. The number of carboxylic acid groups (broad SMARTS) is 2. The lowest BCUT2D eigenvalue weighted by Gasteiger charge is -2.20. The van der Waals surface area contributed by atoms with Gasteiger partial charge in [0, 0.05) is 36.6 Å². The van der Waals surface area contributed by atoms with E-state index in [2.05, 4.69) is 30.6 Å². The number of terminal acetylenes is 1. The average molecular weight is 581 g/mol. The third-order valence-electron chi connectivity index (χ3n) is 5.93. The van der Waals surface area contributed by atoms with E-state index in [1.807, 2.05) is 5.92 Å². The summed E-state index contributed by atoms with van der Waals surface area (Å²) in [6.07, 6.45) is 10.6. The van der Waals surface area contributed by atoms with Crippen molar-refractivity contribution in [2.75, 3.05) is 14.2 Å². The van der Waals surface area contributed by atoms with Crippen LogP contribution in [0.25, 0.3) is 0 Å². The number of aromatic carboxylic acids is 2. The Morgan fingerprint density at radius 2 is 1.24 bits per heavy atom. The number of carboxylic acids is 2. The highest BCUT2D eigenvalue weighted by Gasteiger charge is 2.34. The Labute approximate surface area is 236 Å². The number of aromatic nitrogens is 4. The van der Waals surface area contributed by atoms with Crippen molar-refractivity contribution in [2.45, 2.75) is 24.9 Å². The Bertz CT molecular complexity index is 1450. The summed E-state index contributed by atoms with van der Waals surface area (Å²) in [4.78, 5) is 89.2. The Hall–Kier alpha value is -5.98. The minimum atomic E-state index is -1.78. The maximum absolute atomic E-state index is 13.4. The van der Waals surface area contributed by atoms with Gasteiger partial charge in [0.1, 0.15) is 12.1 Å². The third-order valence-corrected chi connectivity index (χ3v) is 5.93. The summed E-state index contributed by atoms with van der Waals surface area (Å²) < 4.78 is 9.45. The maximum atomic E-state index is 13.4. The molecule has 0 saturated heterocycles. The highest BCUT2D eigenvalue weighted by Crippen LogP contribution is 2.25. The van der Waals surface area contributed by atoms with Crippen LogP contribution in [0, 0.1) is 12.3 Å². The molecule has 3 aromatic rings. The van der Waals surface area contributed by atoms with E-state index in [1.165, 1.54) is 25.0 Å². The molecule has 6 N–H and O–H groups in total. The molecule has 2 heterocycles. The standard InChI is InChI=1S/C26H24N6O10/c1-4-14-19(23(35)36)15(21(33)31-17(25(39)41-2)5-12-8-27-10-29-12)7-16(20(14)24(37)38)22(34)32-18(26(40)42-3)6-13-9-28-11-30-13/h1,7-11,17-18H,5-6H2,2-3H3,(H,27,29)(H,28,30)(H,31,33)(H,32,34)(H,35,36)(H,37,38)/t17-,18+. The lowest BCUT2D eigenvalue weighted by atomic mass is 9.90. The number of nitrogens with one attached hydrogen (secondary N) is 4. The predicted octanol–water partition coefficient (Wildman–Crippen LogP) is -0.461. The first-order valence-electron chi connectivity index (χ1n) is 11.9. The van der Waals surface area contributed by atoms with E-state index in [4.69, 9.17) is 15.9 Å². The molecule has 0 saturated carbocycles. The molecule has 16 nitrogen and oxygen atoms in total. The van der Waals surface area contributed by atoms with Gasteiger partial charge in [0.2, 0.25) is 0 Å². The number of carbonyl (C=O) groups excluding carboxylic acids is 4. The van der Waals surface area contributed by atoms with Crippen molar-refractivity contribution in [2.24, 2.45) is 0 Å². The minimum absolute atomic E-state index is 0.141. The summed E-state index contributed by atoms with van der Waals surface area (Å²) in [5.74, 6) is -5.80. The normalized spacial score (nSPS) is 11.8. The number of imidazole rings is 2. The Morgan fingerprint density at radius 1 is 0.833 bits per heavy atom. The number of ether oxygens (including phenoxy) is 2. The lowest BCUT2D eigenvalue weighted by molar-refractivity contribution is -0.143. The zero-order chi connectivity index (χ0) is 31.0. The number of rotatable bonds is 12. The quantitative estimate of drug-likeness (QED) is 0.118. The monoisotopic (exact) mass is 580 g/mol. The summed E-state index contributed by atoms with van der Waals surface area (Å²) in [5.41, 5.74) is -3.23. The van der Waals surface area contributed by atoms with Crippen molar-refractivity contribution in [3.8, 4) is 12.3 Å². The van der Waals surface area contributed by atoms with Gasteiger partial charge in [-0.3, -0.25) is 9.59 Å². The topological polar surface area (TPSA) is 243 Å². The number of H-pyrrole nitrogens is 2. The van der Waals surface area contributed by atoms with Gasteiger partial charge < -0.3 is 40.3 Å². The highest BCUT2D eigenvalue weighted by molar-refractivity contribution is 6.14. The molecule has 16 heteroatoms. The van der Waals surface area contributed by atoms with Gasteiger partial charge in [0.05, 0.1) is 54.7 Å². The molecule has 1 aromatic carbocycles. The molecule has 2 amide bonds. The second kappa shape index (κ2) is 13.4. The van der Waals surface area contributed by atoms with Crippen molar-refractivity contribution in [1.29, 1.82) is 0 Å². The van der Waals surface area contributed by atoms with Crippen LogP contribution in [0.15, 0.2) is 31.1 Å². The van der Waals surface area contributed by atoms with Gasteiger partial charge in [0.15, 0.2) is 0 Å². The maximum Gasteiger partial charge on any atom is 0.337 e. The van der Waals surface area contributed by atoms with Crippen LogP contribution in [0.5, 0.6) is 0 Å². The molecule has 0 spiro atoms. The first-order valence-corrected chi connectivity index (χ1v) is 11.9. The van der Waals surface area contributed by atoms with E-state index in [0.29, 0.717) is 17.5 Å². The smallest absolute Gasteiger partial charge is 0.337 e. The molecule has 42 heavy (non-hydrogen) atoms. The molecule has 0 aliphatic carbocycles. The van der Waals surface area contributed by atoms with Crippen molar-refractivity contribution in [3.05, 3.63) is 70.3 Å². The van der Waals surface area contributed by atoms with Crippen molar-refractivity contribution in [1.82, 2.24) is 30.6 Å². The molecular weight excluding hydrogens is 556 g/mol. The molecule has 0 unspecified atom stereocenters. The molecule has 0 bridgehead atoms. The van der Waals surface area contributed by atoms with Crippen LogP contribution in [0.1, 0.15) is 58.4 Å². The van der Waals surface area contributed by atoms with Gasteiger partial charge >= 0.3 is 23.9 Å². The van der Waals surface area contributed by atoms with Crippen LogP contribution in [0.3, 0.4) is 0 Å². The zero-order valence-corrected chi connectivity index (χ0v) is 22.1. The Kier molecular flexibility index (Phi) is 9.74. The number of hydrogen-bond donors (Lipinski definition) is 6. The van der Waals surface area contributed by atoms with E-state index in [-0.39, 0.29) is 12.8 Å². The van der Waals surface area contributed by atoms with Gasteiger partial charge in [-0.25, -0.2) is 29.1 Å². The van der Waals surface area contributed by atoms with Crippen LogP contribution >= 0.6 is 0 Å². The second-order valence-corrected chi connectivity index (χ2v) is 8.51. The first-order chi connectivity index (χ1) is 20.0. The van der Waals surface area contributed by atoms with E-state index in [0.717, 1.165) is 14.2 Å². The Balaban J connectivity index is 2.12. The third kappa shape index (κ3) is 6.77. The fraction of sp³-hybridized carbons (Fsp3) is 0.231. The molecular formula is C26H24N6O10. The van der Waals surface area contributed by atoms with E-state index in [9.17, 15) is 39.0 Å². The molecule has 2 aromatic heterocycles. The van der Waals surface area contributed by atoms with Gasteiger partial charge in [0.25, 0.3) is 11.8 Å². The summed E-state index contributed by atoms with van der Waals surface area (Å²) in [6, 6.07) is -2.00. The highest BCUT2D eigenvalue weighted by atomic mass is 16.5. The first kappa shape index (κ1) is 30.6. The van der Waals surface area contributed by atoms with Crippen LogP contribution in [-0.2, 0) is 31.9 Å². The van der Waals surface area contributed by atoms with Crippen molar-refractivity contribution in [3.63, 3.8) is 0 Å². The van der Waals surface area contributed by atoms with Crippen LogP contribution < -0.4 is 10.6 Å². The Morgan fingerprint density at radius 3 is 1.52 bits per heavy atom. The largest absolute Gasteiger partial charge is 0.478 e. The van der Waals surface area contributed by atoms with Gasteiger partial charge in [-0.15, -0.1) is 6.42 Å². The van der Waals surface area contributed by atoms with Crippen LogP contribution in [-0.4, -0.2) is 92.1 Å². The fourth-order valence-electron chi connectivity index (χ4n) is 4.01. The van der Waals surface area contributed by atoms with Crippen molar-refractivity contribution >= 4 is 35.7 Å². The molecule has 0 radical (unpaired) electrons. The number of esters is 2. The molecule has 3 rings (SSSR count). The van der Waals surface area contributed by atoms with Gasteiger partial charge in [-0.05, 0) is 6.07 Å². The number of amides is 2. The SMILES string of the molecule is C#Cc1c(C(=O)O)c(C(=O)N[C@@H](Cc2cnc[nH]2)C(=O)OC)cc(C(=O)N[C@H](Cc2cnc[nH]2)C(=O)OC)c1C(=O)O. The molecule has 0 aliphatic rings. The number of aromatic amines is 2. The summed E-state index contributed by atoms with van der Waals surface area (Å²) >= 11 is 0. The van der Waals surface area contributed by atoms with Crippen molar-refractivity contribution < 1.29 is 48.5 Å². The summed E-state index contributed by atoms with van der Waals surface area (Å²) in [6.45, 7) is 0. The summed E-state index contributed by atoms with van der Waals surface area (Å²) in [7, 11) is 2.14. The average Bonchev–Trinajstić information content (AvgIpc) is 3.68. The molecule has 2 atom stereocenters. The number of nitrogens with zero attached hydrogens (tertiary/aromatic N) is 2. The van der Waals surface area contributed by atoms with E-state index in [1.54, 1.807) is 0 Å². The van der Waals surface area contributed by atoms with Crippen LogP contribution in [0.4, 0.5) is 0 Å². The number of hydrogen-bond acceptors (Lipinski definition) is 10. The number of benzene rings is 1. The lowest BCUT2D eigenvalue weighted by Crippen LogP contribution is -2.45. The second-order valence-electron chi connectivity index (χ2n) is 8.51. The molecule has 0 aliphatic heterocycles. The fourth-order valence-corrected chi connectivity index (χ4v) is 4.01. The predicted molar refractivity (Wildman–Crippen MR) is 139 cm³/mol. The summed E-state index contributed by atoms with van der Waals surface area (Å²) in [5, 5.41) is 24.5. The number of carbonyl (C=O) groups is 6. The molecule has 218 valence electrons.